The summed E-state index contributed by atoms with van der Waals surface area (Å²) in [5.41, 5.74) is 2.04. The number of likely N-dealkylation sites (tertiary alicyclic amines) is 1. The van der Waals surface area contributed by atoms with E-state index in [-0.39, 0.29) is 35.1 Å². The fourth-order valence-corrected chi connectivity index (χ4v) is 10.6. The first-order valence-electron chi connectivity index (χ1n) is 16.1. The van der Waals surface area contributed by atoms with E-state index >= 15 is 0 Å². The van der Waals surface area contributed by atoms with Crippen molar-refractivity contribution in [2.24, 2.45) is 0 Å². The number of aromatic nitrogens is 1. The summed E-state index contributed by atoms with van der Waals surface area (Å²) in [5.74, 6) is -1.47. The van der Waals surface area contributed by atoms with Crippen LogP contribution in [0.2, 0.25) is 18.1 Å². The topological polar surface area (TPSA) is 112 Å². The summed E-state index contributed by atoms with van der Waals surface area (Å²) in [5, 5.41) is 0.487. The molecule has 50 heavy (non-hydrogen) atoms. The average molecular weight is 771 g/mol. The monoisotopic (exact) mass is 770 g/mol. The van der Waals surface area contributed by atoms with E-state index in [0.29, 0.717) is 11.1 Å². The van der Waals surface area contributed by atoms with E-state index in [4.69, 9.17) is 18.3 Å². The van der Waals surface area contributed by atoms with Crippen LogP contribution in [-0.4, -0.2) is 56.5 Å². The largest absolute Gasteiger partial charge is 0.448 e. The van der Waals surface area contributed by atoms with Gasteiger partial charge < -0.3 is 18.2 Å². The lowest BCUT2D eigenvalue weighted by molar-refractivity contribution is -0.150. The highest BCUT2D eigenvalue weighted by atomic mass is 33.1. The number of esters is 1. The zero-order valence-corrected chi connectivity index (χ0v) is 33.6. The first-order valence-corrected chi connectivity index (χ1v) is 23.8. The van der Waals surface area contributed by atoms with Crippen LogP contribution in [0, 0.1) is 0 Å². The van der Waals surface area contributed by atoms with E-state index in [1.807, 2.05) is 78.9 Å². The molecule has 1 amide bonds. The highest BCUT2D eigenvalue weighted by Gasteiger charge is 2.44. The molecule has 1 aromatic heterocycles. The average Bonchev–Trinajstić information content (AvgIpc) is 3.49. The van der Waals surface area contributed by atoms with Crippen molar-refractivity contribution in [2.75, 3.05) is 12.8 Å². The van der Waals surface area contributed by atoms with Crippen LogP contribution in [0.1, 0.15) is 63.0 Å². The van der Waals surface area contributed by atoms with Crippen molar-refractivity contribution in [1.82, 2.24) is 9.88 Å². The number of benzene rings is 3. The van der Waals surface area contributed by atoms with Gasteiger partial charge in [0.15, 0.2) is 20.1 Å². The molecule has 5 rings (SSSR count). The number of rotatable bonds is 13. The van der Waals surface area contributed by atoms with Gasteiger partial charge in [-0.1, -0.05) is 109 Å². The normalized spacial score (nSPS) is 16.6. The number of amides is 1. The fraction of sp³-hybridized carbons (Fsp3) is 0.361. The molecule has 0 spiro atoms. The molecule has 1 aliphatic heterocycles. The summed E-state index contributed by atoms with van der Waals surface area (Å²) in [4.78, 5) is 34.6. The van der Waals surface area contributed by atoms with Gasteiger partial charge in [0, 0.05) is 11.4 Å². The predicted octanol–water partition coefficient (Wildman–Crippen LogP) is 8.87. The molecular weight excluding hydrogens is 729 g/mol. The molecule has 1 fully saturated rings. The Bertz CT molecular complexity index is 1960. The highest BCUT2D eigenvalue weighted by molar-refractivity contribution is 8.77. The number of ether oxygens (including phenoxy) is 1. The maximum atomic E-state index is 13.9. The van der Waals surface area contributed by atoms with Crippen molar-refractivity contribution in [3.8, 4) is 0 Å². The Balaban J connectivity index is 1.33. The summed E-state index contributed by atoms with van der Waals surface area (Å²) in [6, 6.07) is 24.4. The first kappa shape index (κ1) is 38.1. The Morgan fingerprint density at radius 3 is 2.14 bits per heavy atom. The Morgan fingerprint density at radius 2 is 1.60 bits per heavy atom. The van der Waals surface area contributed by atoms with Crippen molar-refractivity contribution in [3.63, 3.8) is 0 Å². The van der Waals surface area contributed by atoms with E-state index in [2.05, 4.69) is 40.8 Å². The summed E-state index contributed by atoms with van der Waals surface area (Å²) in [6.45, 7) is 14.7. The Labute approximate surface area is 307 Å². The standard InChI is InChI=1S/C36H42N2O7S4Si/c1-23(44-49(6,41)42)31(35(40)43-32(25-16-11-9-12-17-25)26-18-13-10-14-19-26)38-22-29(34(38)39)48-47-28-21-15-20-27-30(28)37-33(46-27)24(2)45-50(7,8)36(3,4)5/h9-21,24,29,32H,22H2,1-8H3/b31-23-/t24-,29+/m1/s1. The van der Waals surface area contributed by atoms with Gasteiger partial charge in [0.05, 0.1) is 22.6 Å². The number of thiazole rings is 1. The van der Waals surface area contributed by atoms with Crippen LogP contribution >= 0.6 is 32.9 Å². The van der Waals surface area contributed by atoms with Crippen molar-refractivity contribution < 1.29 is 31.4 Å². The number of hydrogen-bond acceptors (Lipinski definition) is 11. The first-order chi connectivity index (χ1) is 23.4. The number of para-hydroxylation sites is 1. The zero-order valence-electron chi connectivity index (χ0n) is 29.3. The Kier molecular flexibility index (Phi) is 11.6. The van der Waals surface area contributed by atoms with E-state index in [1.165, 1.54) is 33.4 Å². The second kappa shape index (κ2) is 15.2. The molecule has 0 N–H and O–H groups in total. The molecule has 0 aliphatic carbocycles. The van der Waals surface area contributed by atoms with Crippen LogP contribution in [0.25, 0.3) is 10.2 Å². The number of β-lactam (4-membered cyclic amide) rings is 1. The lowest BCUT2D eigenvalue weighted by Gasteiger charge is -2.38. The van der Waals surface area contributed by atoms with Gasteiger partial charge in [-0.25, -0.2) is 9.78 Å². The predicted molar refractivity (Wildman–Crippen MR) is 205 cm³/mol. The summed E-state index contributed by atoms with van der Waals surface area (Å²) in [7, 11) is -3.18. The maximum absolute atomic E-state index is 13.9. The molecule has 0 unspecified atom stereocenters. The molecule has 14 heteroatoms. The fourth-order valence-electron chi connectivity index (χ4n) is 5.09. The molecule has 0 bridgehead atoms. The molecule has 9 nitrogen and oxygen atoms in total. The molecular formula is C36H42N2O7S4Si. The van der Waals surface area contributed by atoms with E-state index in [1.54, 1.807) is 11.3 Å². The highest BCUT2D eigenvalue weighted by Crippen LogP contribution is 2.45. The third kappa shape index (κ3) is 8.83. The minimum atomic E-state index is -4.00. The van der Waals surface area contributed by atoms with Crippen molar-refractivity contribution in [3.05, 3.63) is 106 Å². The van der Waals surface area contributed by atoms with Crippen LogP contribution in [0.4, 0.5) is 0 Å². The van der Waals surface area contributed by atoms with Gasteiger partial charge in [0.1, 0.15) is 16.0 Å². The van der Waals surface area contributed by atoms with Crippen LogP contribution in [0.5, 0.6) is 0 Å². The molecule has 4 aromatic rings. The number of hydrogen-bond donors (Lipinski definition) is 0. The second-order valence-corrected chi connectivity index (χ2v) is 23.4. The minimum absolute atomic E-state index is 0.0749. The summed E-state index contributed by atoms with van der Waals surface area (Å²) < 4.78 is 43.0. The third-order valence-corrected chi connectivity index (χ3v) is 17.7. The van der Waals surface area contributed by atoms with Gasteiger partial charge in [-0.05, 0) is 55.2 Å². The summed E-state index contributed by atoms with van der Waals surface area (Å²) >= 11 is 1.61. The number of carbonyl (C=O) groups is 2. The van der Waals surface area contributed by atoms with Gasteiger partial charge in [-0.2, -0.15) is 8.42 Å². The quantitative estimate of drug-likeness (QED) is 0.0249. The van der Waals surface area contributed by atoms with E-state index in [9.17, 15) is 18.0 Å². The lowest BCUT2D eigenvalue weighted by Crippen LogP contribution is -2.55. The SMILES string of the molecule is C/C(OS(C)(=O)=O)=C(\C(=O)OC(c1ccccc1)c1ccccc1)N1C[C@H](SSc2cccc3sc([C@@H](C)O[Si](C)(C)C(C)(C)C)nc23)C1=O. The number of nitrogens with zero attached hydrogens (tertiary/aromatic N) is 2. The van der Waals surface area contributed by atoms with Crippen molar-refractivity contribution in [1.29, 1.82) is 0 Å². The zero-order chi connectivity index (χ0) is 36.4. The number of fused-ring (bicyclic) bond motifs is 1. The molecule has 266 valence electrons. The molecule has 2 heterocycles. The molecule has 3 aromatic carbocycles. The number of allylic oxidation sites excluding steroid dienone is 1. The Morgan fingerprint density at radius 1 is 1.00 bits per heavy atom. The van der Waals surface area contributed by atoms with Gasteiger partial charge in [-0.15, -0.1) is 11.3 Å². The van der Waals surface area contributed by atoms with Crippen LogP contribution < -0.4 is 0 Å². The van der Waals surface area contributed by atoms with Crippen LogP contribution in [0.3, 0.4) is 0 Å². The van der Waals surface area contributed by atoms with Gasteiger partial charge in [0.2, 0.25) is 5.91 Å². The number of carbonyl (C=O) groups excluding carboxylic acids is 2. The van der Waals surface area contributed by atoms with Crippen LogP contribution in [0.15, 0.2) is 95.2 Å². The molecule has 2 atom stereocenters. The van der Waals surface area contributed by atoms with Gasteiger partial charge in [-0.3, -0.25) is 4.79 Å². The molecule has 1 saturated heterocycles. The smallest absolute Gasteiger partial charge is 0.359 e. The third-order valence-electron chi connectivity index (χ3n) is 8.67. The van der Waals surface area contributed by atoms with E-state index < -0.39 is 35.8 Å². The van der Waals surface area contributed by atoms with Crippen LogP contribution in [-0.2, 0) is 33.1 Å². The second-order valence-electron chi connectivity index (χ2n) is 13.6. The van der Waals surface area contributed by atoms with Crippen molar-refractivity contribution >= 4 is 73.5 Å². The minimum Gasteiger partial charge on any atom is -0.448 e. The molecule has 1 aliphatic rings. The van der Waals surface area contributed by atoms with Gasteiger partial charge >= 0.3 is 16.1 Å². The molecule has 0 radical (unpaired) electrons. The summed E-state index contributed by atoms with van der Waals surface area (Å²) in [6.07, 6.45) is -0.0680. The van der Waals surface area contributed by atoms with Gasteiger partial charge in [0.25, 0.3) is 0 Å². The van der Waals surface area contributed by atoms with Crippen molar-refractivity contribution in [2.45, 2.75) is 75.1 Å². The van der Waals surface area contributed by atoms with E-state index in [0.717, 1.165) is 26.4 Å². The molecule has 0 saturated carbocycles. The lowest BCUT2D eigenvalue weighted by atomic mass is 10.0. The Hall–Kier alpha value is -3.14. The maximum Gasteiger partial charge on any atom is 0.359 e.